The van der Waals surface area contributed by atoms with Crippen molar-refractivity contribution >= 4 is 16.5 Å². The van der Waals surface area contributed by atoms with Gasteiger partial charge in [0.15, 0.2) is 0 Å². The lowest BCUT2D eigenvalue weighted by atomic mass is 10.00. The second-order valence-electron chi connectivity index (χ2n) is 3.77. The molecule has 0 fully saturated rings. The SMILES string of the molecule is N[C@H](CO)c1ccc2ccccc2c1[N+](=O)[O-]. The summed E-state index contributed by atoms with van der Waals surface area (Å²) in [6, 6.07) is 9.67. The molecule has 0 aliphatic carbocycles. The Labute approximate surface area is 97.6 Å². The van der Waals surface area contributed by atoms with Crippen molar-refractivity contribution in [2.45, 2.75) is 6.04 Å². The Hall–Kier alpha value is -1.98. The first-order valence-electron chi connectivity index (χ1n) is 5.17. The van der Waals surface area contributed by atoms with Crippen LogP contribution >= 0.6 is 0 Å². The van der Waals surface area contributed by atoms with Gasteiger partial charge in [-0.15, -0.1) is 0 Å². The Morgan fingerprint density at radius 3 is 2.65 bits per heavy atom. The number of aliphatic hydroxyl groups is 1. The van der Waals surface area contributed by atoms with Crippen molar-refractivity contribution in [1.82, 2.24) is 0 Å². The molecule has 0 aliphatic rings. The third-order valence-electron chi connectivity index (χ3n) is 2.71. The molecular weight excluding hydrogens is 220 g/mol. The highest BCUT2D eigenvalue weighted by molar-refractivity contribution is 5.92. The van der Waals surface area contributed by atoms with E-state index in [9.17, 15) is 10.1 Å². The predicted molar refractivity (Wildman–Crippen MR) is 64.6 cm³/mol. The Bertz CT molecular complexity index is 569. The van der Waals surface area contributed by atoms with Crippen LogP contribution in [0.4, 0.5) is 5.69 Å². The van der Waals surface area contributed by atoms with Gasteiger partial charge in [-0.3, -0.25) is 10.1 Å². The largest absolute Gasteiger partial charge is 0.394 e. The van der Waals surface area contributed by atoms with E-state index in [2.05, 4.69) is 0 Å². The zero-order valence-corrected chi connectivity index (χ0v) is 9.04. The summed E-state index contributed by atoms with van der Waals surface area (Å²) in [6.45, 7) is -0.320. The number of hydrogen-bond acceptors (Lipinski definition) is 4. The first kappa shape index (κ1) is 11.5. The lowest BCUT2D eigenvalue weighted by Gasteiger charge is -2.10. The molecule has 0 aliphatic heterocycles. The van der Waals surface area contributed by atoms with E-state index >= 15 is 0 Å². The number of nitro groups is 1. The normalized spacial score (nSPS) is 12.6. The van der Waals surface area contributed by atoms with Gasteiger partial charge in [-0.2, -0.15) is 0 Å². The fourth-order valence-corrected chi connectivity index (χ4v) is 1.87. The van der Waals surface area contributed by atoms with Crippen molar-refractivity contribution in [3.05, 3.63) is 52.1 Å². The Kier molecular flexibility index (Phi) is 3.03. The summed E-state index contributed by atoms with van der Waals surface area (Å²) in [5, 5.41) is 21.5. The maximum Gasteiger partial charge on any atom is 0.282 e. The van der Waals surface area contributed by atoms with Gasteiger partial charge in [-0.25, -0.2) is 0 Å². The first-order chi connectivity index (χ1) is 8.15. The third-order valence-corrected chi connectivity index (χ3v) is 2.71. The third kappa shape index (κ3) is 1.98. The average molecular weight is 232 g/mol. The van der Waals surface area contributed by atoms with Crippen molar-refractivity contribution in [1.29, 1.82) is 0 Å². The second kappa shape index (κ2) is 4.48. The highest BCUT2D eigenvalue weighted by Crippen LogP contribution is 2.32. The minimum atomic E-state index is -0.736. The molecule has 88 valence electrons. The maximum atomic E-state index is 11.1. The van der Waals surface area contributed by atoms with Crippen molar-refractivity contribution in [3.8, 4) is 0 Å². The van der Waals surface area contributed by atoms with E-state index in [0.717, 1.165) is 5.39 Å². The molecule has 0 unspecified atom stereocenters. The zero-order chi connectivity index (χ0) is 12.4. The number of aliphatic hydroxyl groups excluding tert-OH is 1. The van der Waals surface area contributed by atoms with Gasteiger partial charge in [0.05, 0.1) is 23.0 Å². The fourth-order valence-electron chi connectivity index (χ4n) is 1.87. The number of nitrogens with zero attached hydrogens (tertiary/aromatic N) is 1. The minimum Gasteiger partial charge on any atom is -0.394 e. The van der Waals surface area contributed by atoms with Gasteiger partial charge in [-0.1, -0.05) is 24.3 Å². The summed E-state index contributed by atoms with van der Waals surface area (Å²) >= 11 is 0. The van der Waals surface area contributed by atoms with Crippen LogP contribution in [-0.4, -0.2) is 16.6 Å². The smallest absolute Gasteiger partial charge is 0.282 e. The zero-order valence-electron chi connectivity index (χ0n) is 9.04. The molecule has 0 spiro atoms. The lowest BCUT2D eigenvalue weighted by Crippen LogP contribution is -2.16. The summed E-state index contributed by atoms with van der Waals surface area (Å²) in [4.78, 5) is 10.7. The monoisotopic (exact) mass is 232 g/mol. The summed E-state index contributed by atoms with van der Waals surface area (Å²) in [7, 11) is 0. The lowest BCUT2D eigenvalue weighted by molar-refractivity contribution is -0.383. The molecule has 0 heterocycles. The Morgan fingerprint density at radius 2 is 2.00 bits per heavy atom. The molecule has 0 bridgehead atoms. The highest BCUT2D eigenvalue weighted by Gasteiger charge is 2.21. The predicted octanol–water partition coefficient (Wildman–Crippen LogP) is 1.74. The van der Waals surface area contributed by atoms with Gasteiger partial charge in [0.1, 0.15) is 0 Å². The van der Waals surface area contributed by atoms with Crippen LogP contribution in [0.5, 0.6) is 0 Å². The van der Waals surface area contributed by atoms with Gasteiger partial charge >= 0.3 is 0 Å². The summed E-state index contributed by atoms with van der Waals surface area (Å²) in [5.74, 6) is 0. The Morgan fingerprint density at radius 1 is 1.29 bits per heavy atom. The van der Waals surface area contributed by atoms with Gasteiger partial charge in [0, 0.05) is 5.56 Å². The summed E-state index contributed by atoms with van der Waals surface area (Å²) in [6.07, 6.45) is 0. The number of hydrogen-bond donors (Lipinski definition) is 2. The number of rotatable bonds is 3. The molecule has 0 amide bonds. The molecular formula is C12H12N2O3. The van der Waals surface area contributed by atoms with E-state index in [4.69, 9.17) is 10.8 Å². The maximum absolute atomic E-state index is 11.1. The molecule has 3 N–H and O–H groups in total. The number of nitro benzene ring substituents is 1. The molecule has 0 saturated heterocycles. The van der Waals surface area contributed by atoms with Crippen LogP contribution in [0.25, 0.3) is 10.8 Å². The number of fused-ring (bicyclic) bond motifs is 1. The van der Waals surface area contributed by atoms with Gasteiger partial charge < -0.3 is 10.8 Å². The average Bonchev–Trinajstić information content (AvgIpc) is 2.36. The molecule has 17 heavy (non-hydrogen) atoms. The minimum absolute atomic E-state index is 0.0235. The fraction of sp³-hybridized carbons (Fsp3) is 0.167. The van der Waals surface area contributed by atoms with E-state index in [0.29, 0.717) is 10.9 Å². The van der Waals surface area contributed by atoms with Crippen molar-refractivity contribution < 1.29 is 10.0 Å². The Balaban J connectivity index is 2.77. The van der Waals surface area contributed by atoms with Crippen molar-refractivity contribution in [3.63, 3.8) is 0 Å². The van der Waals surface area contributed by atoms with Gasteiger partial charge in [0.25, 0.3) is 5.69 Å². The molecule has 0 aromatic heterocycles. The molecule has 2 aromatic carbocycles. The van der Waals surface area contributed by atoms with Gasteiger partial charge in [0.2, 0.25) is 0 Å². The quantitative estimate of drug-likeness (QED) is 0.623. The van der Waals surface area contributed by atoms with Crippen molar-refractivity contribution in [2.75, 3.05) is 6.61 Å². The van der Waals surface area contributed by atoms with Crippen LogP contribution in [0.3, 0.4) is 0 Å². The molecule has 2 aromatic rings. The van der Waals surface area contributed by atoms with E-state index in [1.165, 1.54) is 0 Å². The highest BCUT2D eigenvalue weighted by atomic mass is 16.6. The van der Waals surface area contributed by atoms with E-state index in [1.54, 1.807) is 30.3 Å². The summed E-state index contributed by atoms with van der Waals surface area (Å²) in [5.41, 5.74) is 6.00. The van der Waals surface area contributed by atoms with Crippen LogP contribution < -0.4 is 5.73 Å². The summed E-state index contributed by atoms with van der Waals surface area (Å²) < 4.78 is 0. The van der Waals surface area contributed by atoms with E-state index in [1.807, 2.05) is 6.07 Å². The molecule has 1 atom stereocenters. The molecule has 5 nitrogen and oxygen atoms in total. The van der Waals surface area contributed by atoms with Crippen LogP contribution in [-0.2, 0) is 0 Å². The van der Waals surface area contributed by atoms with Crippen LogP contribution in [0, 0.1) is 10.1 Å². The standard InChI is InChI=1S/C12H12N2O3/c13-11(7-15)10-6-5-8-3-1-2-4-9(8)12(10)14(16)17/h1-6,11,15H,7,13H2/t11-/m1/s1. The number of nitrogens with two attached hydrogens (primary N) is 1. The van der Waals surface area contributed by atoms with Crippen LogP contribution in [0.2, 0.25) is 0 Å². The van der Waals surface area contributed by atoms with E-state index < -0.39 is 11.0 Å². The molecule has 0 saturated carbocycles. The van der Waals surface area contributed by atoms with Crippen LogP contribution in [0.15, 0.2) is 36.4 Å². The molecule has 0 radical (unpaired) electrons. The topological polar surface area (TPSA) is 89.4 Å². The number of benzene rings is 2. The molecule has 2 rings (SSSR count). The van der Waals surface area contributed by atoms with E-state index in [-0.39, 0.29) is 12.3 Å². The molecule has 5 heteroatoms. The first-order valence-corrected chi connectivity index (χ1v) is 5.17. The second-order valence-corrected chi connectivity index (χ2v) is 3.77. The van der Waals surface area contributed by atoms with Crippen molar-refractivity contribution in [2.24, 2.45) is 5.73 Å². The van der Waals surface area contributed by atoms with Crippen LogP contribution in [0.1, 0.15) is 11.6 Å². The van der Waals surface area contributed by atoms with Gasteiger partial charge in [-0.05, 0) is 17.5 Å².